The number of amides is 1. The largest absolute Gasteiger partial charge is 0.366 e. The highest BCUT2D eigenvalue weighted by molar-refractivity contribution is 6.30. The van der Waals surface area contributed by atoms with Crippen LogP contribution in [0.25, 0.3) is 32.9 Å². The van der Waals surface area contributed by atoms with Gasteiger partial charge < -0.3 is 10.3 Å². The Morgan fingerprint density at radius 2 is 1.72 bits per heavy atom. The van der Waals surface area contributed by atoms with Crippen LogP contribution < -0.4 is 5.73 Å². The Kier molecular flexibility index (Phi) is 4.99. The fraction of sp³-hybridized carbons (Fsp3) is 0.107. The van der Waals surface area contributed by atoms with Crippen molar-refractivity contribution < 1.29 is 4.79 Å². The van der Waals surface area contributed by atoms with Crippen molar-refractivity contribution in [2.75, 3.05) is 0 Å². The average molecular weight is 438 g/mol. The van der Waals surface area contributed by atoms with Gasteiger partial charge in [0.1, 0.15) is 0 Å². The van der Waals surface area contributed by atoms with E-state index >= 15 is 0 Å². The van der Waals surface area contributed by atoms with Crippen molar-refractivity contribution in [1.29, 1.82) is 0 Å². The molecule has 5 rings (SSSR count). The number of aryl methyl sites for hydroxylation is 2. The normalized spacial score (nSPS) is 11.3. The van der Waals surface area contributed by atoms with Gasteiger partial charge in [-0.05, 0) is 84.1 Å². The van der Waals surface area contributed by atoms with Gasteiger partial charge in [-0.1, -0.05) is 48.0 Å². The summed E-state index contributed by atoms with van der Waals surface area (Å²) in [6.07, 6.45) is 0. The number of hydrogen-bond acceptors (Lipinski definition) is 1. The molecule has 32 heavy (non-hydrogen) atoms. The predicted molar refractivity (Wildman–Crippen MR) is 132 cm³/mol. The first-order valence-electron chi connectivity index (χ1n) is 10.5. The van der Waals surface area contributed by atoms with E-state index in [0.29, 0.717) is 17.1 Å². The molecular weight excluding hydrogens is 416 g/mol. The highest BCUT2D eigenvalue weighted by Crippen LogP contribution is 2.35. The molecule has 0 unspecified atom stereocenters. The van der Waals surface area contributed by atoms with Crippen LogP contribution in [0.3, 0.4) is 0 Å². The van der Waals surface area contributed by atoms with Gasteiger partial charge in [0, 0.05) is 27.9 Å². The Bertz CT molecular complexity index is 1500. The van der Waals surface area contributed by atoms with Crippen LogP contribution in [0.4, 0.5) is 0 Å². The third-order valence-electron chi connectivity index (χ3n) is 6.15. The van der Waals surface area contributed by atoms with Gasteiger partial charge in [-0.2, -0.15) is 0 Å². The molecule has 0 fully saturated rings. The smallest absolute Gasteiger partial charge is 0.249 e. The zero-order chi connectivity index (χ0) is 22.4. The topological polar surface area (TPSA) is 48.0 Å². The molecule has 157 valence electrons. The number of halogens is 1. The van der Waals surface area contributed by atoms with Crippen molar-refractivity contribution in [2.24, 2.45) is 5.73 Å². The van der Waals surface area contributed by atoms with Gasteiger partial charge in [-0.25, -0.2) is 0 Å². The summed E-state index contributed by atoms with van der Waals surface area (Å²) >= 11 is 6.08. The number of fused-ring (bicyclic) bond motifs is 3. The van der Waals surface area contributed by atoms with E-state index in [-0.39, 0.29) is 0 Å². The number of benzene rings is 4. The Balaban J connectivity index is 1.78. The maximum absolute atomic E-state index is 12.2. The monoisotopic (exact) mass is 437 g/mol. The van der Waals surface area contributed by atoms with Crippen LogP contribution in [-0.2, 0) is 6.54 Å². The van der Waals surface area contributed by atoms with E-state index in [1.807, 2.05) is 42.5 Å². The number of nitrogens with two attached hydrogens (primary N) is 1. The van der Waals surface area contributed by atoms with Crippen LogP contribution in [0.15, 0.2) is 72.8 Å². The second kappa shape index (κ2) is 7.85. The van der Waals surface area contributed by atoms with E-state index < -0.39 is 5.91 Å². The van der Waals surface area contributed by atoms with Crippen molar-refractivity contribution in [3.63, 3.8) is 0 Å². The van der Waals surface area contributed by atoms with Crippen LogP contribution in [0.5, 0.6) is 0 Å². The molecular formula is C28H22ClN2O. The quantitative estimate of drug-likeness (QED) is 0.335. The number of primary amides is 1. The Labute approximate surface area is 192 Å². The lowest BCUT2D eigenvalue weighted by atomic mass is 10.0. The van der Waals surface area contributed by atoms with Crippen LogP contribution in [0.2, 0.25) is 5.02 Å². The number of carbonyl (C=O) groups excluding carboxylic acids is 1. The lowest BCUT2D eigenvalue weighted by Crippen LogP contribution is -2.11. The van der Waals surface area contributed by atoms with E-state index in [4.69, 9.17) is 17.3 Å². The molecule has 2 N–H and O–H groups in total. The molecule has 4 heteroatoms. The zero-order valence-electron chi connectivity index (χ0n) is 17.9. The third-order valence-corrected chi connectivity index (χ3v) is 6.40. The molecule has 0 aliphatic carbocycles. The van der Waals surface area contributed by atoms with Crippen LogP contribution in [0.1, 0.15) is 27.0 Å². The molecule has 0 aliphatic rings. The molecule has 1 radical (unpaired) electrons. The average Bonchev–Trinajstić information content (AvgIpc) is 3.10. The summed E-state index contributed by atoms with van der Waals surface area (Å²) in [5, 5.41) is 2.45. The summed E-state index contributed by atoms with van der Waals surface area (Å²) in [4.78, 5) is 12.2. The van der Waals surface area contributed by atoms with Crippen molar-refractivity contribution in [2.45, 2.75) is 20.4 Å². The first-order valence-corrected chi connectivity index (χ1v) is 10.9. The van der Waals surface area contributed by atoms with Crippen molar-refractivity contribution in [3.05, 3.63) is 106 Å². The Morgan fingerprint density at radius 1 is 0.938 bits per heavy atom. The summed E-state index contributed by atoms with van der Waals surface area (Å²) in [5.74, 6) is -0.434. The SMILES string of the molecule is Cc1ccc(Cn2c3cc(-c4ccc(Cl)cc4)c[c]c3c3c(C(N)=O)cccc32)cc1C. The zero-order valence-corrected chi connectivity index (χ0v) is 18.7. The van der Waals surface area contributed by atoms with Gasteiger partial charge in [0.05, 0.1) is 11.0 Å². The second-order valence-corrected chi connectivity index (χ2v) is 8.66. The van der Waals surface area contributed by atoms with Crippen molar-refractivity contribution >= 4 is 39.3 Å². The molecule has 5 aromatic rings. The van der Waals surface area contributed by atoms with E-state index in [2.05, 4.69) is 48.7 Å². The van der Waals surface area contributed by atoms with Crippen LogP contribution in [0, 0.1) is 19.9 Å². The lowest BCUT2D eigenvalue weighted by Gasteiger charge is -2.11. The van der Waals surface area contributed by atoms with E-state index in [0.717, 1.165) is 32.9 Å². The summed E-state index contributed by atoms with van der Waals surface area (Å²) in [7, 11) is 0. The molecule has 0 spiro atoms. The number of nitrogens with zero attached hydrogens (tertiary/aromatic N) is 1. The third kappa shape index (κ3) is 3.45. The first kappa shape index (κ1) is 20.3. The molecule has 0 saturated heterocycles. The highest BCUT2D eigenvalue weighted by atomic mass is 35.5. The summed E-state index contributed by atoms with van der Waals surface area (Å²) < 4.78 is 2.25. The predicted octanol–water partition coefficient (Wildman–Crippen LogP) is 6.68. The van der Waals surface area contributed by atoms with Gasteiger partial charge >= 0.3 is 0 Å². The fourth-order valence-electron chi connectivity index (χ4n) is 4.32. The molecule has 0 atom stereocenters. The van der Waals surface area contributed by atoms with Gasteiger partial charge in [0.2, 0.25) is 5.91 Å². The summed E-state index contributed by atoms with van der Waals surface area (Å²) in [6, 6.07) is 27.6. The van der Waals surface area contributed by atoms with E-state index in [1.165, 1.54) is 16.7 Å². The fourth-order valence-corrected chi connectivity index (χ4v) is 4.45. The number of carbonyl (C=O) groups is 1. The van der Waals surface area contributed by atoms with Crippen molar-refractivity contribution in [3.8, 4) is 11.1 Å². The van der Waals surface area contributed by atoms with Crippen LogP contribution >= 0.6 is 11.6 Å². The molecule has 0 aliphatic heterocycles. The number of aromatic nitrogens is 1. The minimum Gasteiger partial charge on any atom is -0.366 e. The molecule has 0 bridgehead atoms. The lowest BCUT2D eigenvalue weighted by molar-refractivity contribution is 0.100. The summed E-state index contributed by atoms with van der Waals surface area (Å²) in [6.45, 7) is 4.93. The standard InChI is InChI=1S/C28H22ClN2O/c1-17-6-7-19(14-18(17)2)16-31-25-5-3-4-24(28(30)32)27(25)23-13-10-21(15-26(23)31)20-8-11-22(29)12-9-20/h3-12,14-15H,16H2,1-2H3,(H2,30,32). The maximum atomic E-state index is 12.2. The highest BCUT2D eigenvalue weighted by Gasteiger charge is 2.17. The Morgan fingerprint density at radius 3 is 2.44 bits per heavy atom. The summed E-state index contributed by atoms with van der Waals surface area (Å²) in [5.41, 5.74) is 14.1. The minimum absolute atomic E-state index is 0.434. The molecule has 4 aromatic carbocycles. The minimum atomic E-state index is -0.434. The molecule has 0 saturated carbocycles. The van der Waals surface area contributed by atoms with Gasteiger partial charge in [0.15, 0.2) is 0 Å². The van der Waals surface area contributed by atoms with Gasteiger partial charge in [0.25, 0.3) is 0 Å². The maximum Gasteiger partial charge on any atom is 0.249 e. The molecule has 3 nitrogen and oxygen atoms in total. The van der Waals surface area contributed by atoms with Crippen LogP contribution in [-0.4, -0.2) is 10.5 Å². The van der Waals surface area contributed by atoms with Gasteiger partial charge in [-0.3, -0.25) is 4.79 Å². The van der Waals surface area contributed by atoms with Crippen molar-refractivity contribution in [1.82, 2.24) is 4.57 Å². The number of hydrogen-bond donors (Lipinski definition) is 1. The molecule has 1 heterocycles. The second-order valence-electron chi connectivity index (χ2n) is 8.22. The van der Waals surface area contributed by atoms with Gasteiger partial charge in [-0.15, -0.1) is 0 Å². The first-order chi connectivity index (χ1) is 15.4. The molecule has 1 amide bonds. The number of rotatable bonds is 4. The van der Waals surface area contributed by atoms with E-state index in [9.17, 15) is 4.79 Å². The molecule has 1 aromatic heterocycles. The Hall–Kier alpha value is -3.56. The van der Waals surface area contributed by atoms with E-state index in [1.54, 1.807) is 6.07 Å².